The van der Waals surface area contributed by atoms with Gasteiger partial charge in [-0.1, -0.05) is 18.6 Å². The smallest absolute Gasteiger partial charge is 0.224 e. The van der Waals surface area contributed by atoms with Gasteiger partial charge in [-0.15, -0.1) is 0 Å². The second-order valence-corrected chi connectivity index (χ2v) is 4.77. The molecule has 1 amide bonds. The Morgan fingerprint density at radius 3 is 3.17 bits per heavy atom. The molecule has 2 N–H and O–H groups in total. The predicted molar refractivity (Wildman–Crippen MR) is 68.8 cm³/mol. The minimum Gasteiger partial charge on any atom is -0.352 e. The number of amides is 1. The Labute approximate surface area is 107 Å². The van der Waals surface area contributed by atoms with Crippen LogP contribution < -0.4 is 10.6 Å². The van der Waals surface area contributed by atoms with Gasteiger partial charge >= 0.3 is 0 Å². The van der Waals surface area contributed by atoms with Crippen molar-refractivity contribution in [1.82, 2.24) is 10.6 Å². The van der Waals surface area contributed by atoms with Crippen LogP contribution in [0.15, 0.2) is 24.3 Å². The third-order valence-corrected chi connectivity index (χ3v) is 3.17. The third-order valence-electron chi connectivity index (χ3n) is 3.17. The van der Waals surface area contributed by atoms with Crippen LogP contribution in [0.1, 0.15) is 24.8 Å². The summed E-state index contributed by atoms with van der Waals surface area (Å²) in [7, 11) is 0. The zero-order valence-electron chi connectivity index (χ0n) is 10.4. The number of hydrogen-bond donors (Lipinski definition) is 2. The van der Waals surface area contributed by atoms with E-state index in [0.29, 0.717) is 5.56 Å². The van der Waals surface area contributed by atoms with E-state index in [1.165, 1.54) is 12.1 Å². The molecule has 1 saturated heterocycles. The van der Waals surface area contributed by atoms with Crippen LogP contribution in [-0.4, -0.2) is 25.0 Å². The van der Waals surface area contributed by atoms with Crippen LogP contribution in [0.4, 0.5) is 4.39 Å². The second kappa shape index (κ2) is 6.50. The van der Waals surface area contributed by atoms with E-state index in [4.69, 9.17) is 0 Å². The van der Waals surface area contributed by atoms with E-state index in [2.05, 4.69) is 10.6 Å². The topological polar surface area (TPSA) is 41.1 Å². The molecule has 3 nitrogen and oxygen atoms in total. The highest BCUT2D eigenvalue weighted by Gasteiger charge is 2.14. The fourth-order valence-electron chi connectivity index (χ4n) is 2.25. The number of benzene rings is 1. The standard InChI is InChI=1S/C14H19FN2O/c15-12-5-3-4-11(8-12)9-14(18)17-13-6-1-2-7-16-10-13/h3-5,8,13,16H,1-2,6-7,9-10H2,(H,17,18). The molecular formula is C14H19FN2O. The van der Waals surface area contributed by atoms with Gasteiger partial charge in [0.2, 0.25) is 5.91 Å². The molecule has 4 heteroatoms. The van der Waals surface area contributed by atoms with Gasteiger partial charge in [0.05, 0.1) is 6.42 Å². The number of carbonyl (C=O) groups excluding carboxylic acids is 1. The molecule has 0 aliphatic carbocycles. The summed E-state index contributed by atoms with van der Waals surface area (Å²) in [5.74, 6) is -0.328. The average molecular weight is 250 g/mol. The first-order valence-electron chi connectivity index (χ1n) is 6.48. The normalized spacial score (nSPS) is 20.2. The van der Waals surface area contributed by atoms with E-state index < -0.39 is 0 Å². The molecule has 0 bridgehead atoms. The first-order valence-corrected chi connectivity index (χ1v) is 6.48. The minimum atomic E-state index is -0.295. The predicted octanol–water partition coefficient (Wildman–Crippen LogP) is 1.63. The molecule has 1 atom stereocenters. The van der Waals surface area contributed by atoms with E-state index in [1.807, 2.05) is 0 Å². The highest BCUT2D eigenvalue weighted by Crippen LogP contribution is 2.06. The molecule has 2 rings (SSSR count). The molecule has 1 fully saturated rings. The van der Waals surface area contributed by atoms with Crippen LogP contribution in [0.3, 0.4) is 0 Å². The maximum atomic E-state index is 13.0. The van der Waals surface area contributed by atoms with Gasteiger partial charge in [-0.2, -0.15) is 0 Å². The van der Waals surface area contributed by atoms with Crippen molar-refractivity contribution in [3.63, 3.8) is 0 Å². The summed E-state index contributed by atoms with van der Waals surface area (Å²) < 4.78 is 13.0. The lowest BCUT2D eigenvalue weighted by Gasteiger charge is -2.16. The van der Waals surface area contributed by atoms with Crippen LogP contribution in [0.25, 0.3) is 0 Å². The molecule has 1 aliphatic heterocycles. The van der Waals surface area contributed by atoms with Gasteiger partial charge in [0.25, 0.3) is 0 Å². The lowest BCUT2D eigenvalue weighted by molar-refractivity contribution is -0.121. The molecule has 0 saturated carbocycles. The monoisotopic (exact) mass is 250 g/mol. The Morgan fingerprint density at radius 1 is 1.44 bits per heavy atom. The first kappa shape index (κ1) is 13.0. The Bertz CT molecular complexity index is 401. The first-order chi connectivity index (χ1) is 8.74. The van der Waals surface area contributed by atoms with E-state index in [-0.39, 0.29) is 24.2 Å². The van der Waals surface area contributed by atoms with Crippen LogP contribution >= 0.6 is 0 Å². The zero-order valence-corrected chi connectivity index (χ0v) is 10.4. The van der Waals surface area contributed by atoms with Gasteiger partial charge in [0.15, 0.2) is 0 Å². The summed E-state index contributed by atoms with van der Waals surface area (Å²) in [4.78, 5) is 11.8. The summed E-state index contributed by atoms with van der Waals surface area (Å²) in [5.41, 5.74) is 0.717. The Kier molecular flexibility index (Phi) is 4.70. The van der Waals surface area contributed by atoms with Crippen molar-refractivity contribution < 1.29 is 9.18 Å². The zero-order chi connectivity index (χ0) is 12.8. The molecule has 0 aromatic heterocycles. The fraction of sp³-hybridized carbons (Fsp3) is 0.500. The largest absolute Gasteiger partial charge is 0.352 e. The number of halogens is 1. The molecule has 0 spiro atoms. The maximum absolute atomic E-state index is 13.0. The third kappa shape index (κ3) is 4.11. The summed E-state index contributed by atoms with van der Waals surface area (Å²) in [6.07, 6.45) is 3.56. The van der Waals surface area contributed by atoms with Crippen LogP contribution in [0.2, 0.25) is 0 Å². The highest BCUT2D eigenvalue weighted by molar-refractivity contribution is 5.78. The van der Waals surface area contributed by atoms with Crippen molar-refractivity contribution in [2.75, 3.05) is 13.1 Å². The van der Waals surface area contributed by atoms with Crippen LogP contribution in [0, 0.1) is 5.82 Å². The van der Waals surface area contributed by atoms with Crippen molar-refractivity contribution in [3.8, 4) is 0 Å². The molecular weight excluding hydrogens is 231 g/mol. The Hall–Kier alpha value is -1.42. The van der Waals surface area contributed by atoms with Crippen molar-refractivity contribution in [2.45, 2.75) is 31.7 Å². The number of nitrogens with one attached hydrogen (secondary N) is 2. The molecule has 1 aromatic carbocycles. The van der Waals surface area contributed by atoms with Crippen molar-refractivity contribution in [3.05, 3.63) is 35.6 Å². The summed E-state index contributed by atoms with van der Waals surface area (Å²) in [6.45, 7) is 1.85. The van der Waals surface area contributed by atoms with E-state index in [9.17, 15) is 9.18 Å². The molecule has 0 radical (unpaired) electrons. The van der Waals surface area contributed by atoms with Crippen LogP contribution in [0.5, 0.6) is 0 Å². The van der Waals surface area contributed by atoms with Crippen molar-refractivity contribution >= 4 is 5.91 Å². The lowest BCUT2D eigenvalue weighted by Crippen LogP contribution is -2.41. The SMILES string of the molecule is O=C(Cc1cccc(F)c1)NC1CCCCNC1. The summed E-state index contributed by atoms with van der Waals surface area (Å²) in [5, 5.41) is 6.30. The minimum absolute atomic E-state index is 0.0331. The molecule has 1 aromatic rings. The van der Waals surface area contributed by atoms with Gasteiger partial charge in [-0.25, -0.2) is 4.39 Å². The number of hydrogen-bond acceptors (Lipinski definition) is 2. The van der Waals surface area contributed by atoms with Crippen molar-refractivity contribution in [1.29, 1.82) is 0 Å². The van der Waals surface area contributed by atoms with Gasteiger partial charge in [-0.05, 0) is 37.1 Å². The Balaban J connectivity index is 1.84. The fourth-order valence-corrected chi connectivity index (χ4v) is 2.25. The molecule has 1 heterocycles. The molecule has 18 heavy (non-hydrogen) atoms. The van der Waals surface area contributed by atoms with Gasteiger partial charge < -0.3 is 10.6 Å². The summed E-state index contributed by atoms with van der Waals surface area (Å²) in [6, 6.07) is 6.40. The van der Waals surface area contributed by atoms with Gasteiger partial charge in [0, 0.05) is 12.6 Å². The lowest BCUT2D eigenvalue weighted by atomic mass is 10.1. The van der Waals surface area contributed by atoms with E-state index >= 15 is 0 Å². The second-order valence-electron chi connectivity index (χ2n) is 4.77. The maximum Gasteiger partial charge on any atom is 0.224 e. The van der Waals surface area contributed by atoms with E-state index in [1.54, 1.807) is 12.1 Å². The number of rotatable bonds is 3. The van der Waals surface area contributed by atoms with Gasteiger partial charge in [-0.3, -0.25) is 4.79 Å². The summed E-state index contributed by atoms with van der Waals surface area (Å²) >= 11 is 0. The van der Waals surface area contributed by atoms with Gasteiger partial charge in [0.1, 0.15) is 5.82 Å². The molecule has 98 valence electrons. The van der Waals surface area contributed by atoms with Crippen molar-refractivity contribution in [2.24, 2.45) is 0 Å². The molecule has 1 unspecified atom stereocenters. The molecule has 1 aliphatic rings. The highest BCUT2D eigenvalue weighted by atomic mass is 19.1. The Morgan fingerprint density at radius 2 is 2.33 bits per heavy atom. The van der Waals surface area contributed by atoms with E-state index in [0.717, 1.165) is 32.4 Å². The average Bonchev–Trinajstić information content (AvgIpc) is 2.57. The van der Waals surface area contributed by atoms with Crippen LogP contribution in [-0.2, 0) is 11.2 Å². The number of carbonyl (C=O) groups is 1. The quantitative estimate of drug-likeness (QED) is 0.856.